The normalized spacial score (nSPS) is 20.9. The third-order valence-electron chi connectivity index (χ3n) is 1.93. The number of alkyl halides is 3. The Labute approximate surface area is 88.4 Å². The van der Waals surface area contributed by atoms with Gasteiger partial charge in [-0.15, -0.1) is 0 Å². The predicted molar refractivity (Wildman–Crippen MR) is 42.4 cm³/mol. The summed E-state index contributed by atoms with van der Waals surface area (Å²) in [6, 6.07) is 0. The van der Waals surface area contributed by atoms with Crippen LogP contribution in [0.1, 0.15) is 6.92 Å². The van der Waals surface area contributed by atoms with Crippen LogP contribution >= 0.6 is 0 Å². The second-order valence-electron chi connectivity index (χ2n) is 3.48. The molecule has 1 saturated heterocycles. The summed E-state index contributed by atoms with van der Waals surface area (Å²) in [6.45, 7) is 0.446. The van der Waals surface area contributed by atoms with E-state index in [1.807, 2.05) is 0 Å². The first-order valence-corrected chi connectivity index (χ1v) is 4.28. The van der Waals surface area contributed by atoms with E-state index in [0.717, 1.165) is 0 Å². The molecule has 0 aliphatic carbocycles. The molecular formula is C8H9F3O5. The Bertz CT molecular complexity index is 283. The van der Waals surface area contributed by atoms with Crippen LogP contribution < -0.4 is 0 Å². The molecule has 8 heteroatoms. The van der Waals surface area contributed by atoms with Crippen molar-refractivity contribution in [1.29, 1.82) is 0 Å². The van der Waals surface area contributed by atoms with E-state index in [2.05, 4.69) is 14.2 Å². The van der Waals surface area contributed by atoms with Gasteiger partial charge in [0, 0.05) is 0 Å². The van der Waals surface area contributed by atoms with E-state index in [0.29, 0.717) is 0 Å². The summed E-state index contributed by atoms with van der Waals surface area (Å²) >= 11 is 0. The summed E-state index contributed by atoms with van der Waals surface area (Å²) in [5.41, 5.74) is -1.47. The maximum Gasteiger partial charge on any atom is 0.508 e. The van der Waals surface area contributed by atoms with E-state index < -0.39 is 43.5 Å². The highest BCUT2D eigenvalue weighted by Gasteiger charge is 2.43. The largest absolute Gasteiger partial charge is 0.508 e. The minimum atomic E-state index is -3.42. The molecule has 16 heavy (non-hydrogen) atoms. The summed E-state index contributed by atoms with van der Waals surface area (Å²) in [4.78, 5) is 21.8. The number of esters is 1. The van der Waals surface area contributed by atoms with E-state index in [-0.39, 0.29) is 0 Å². The van der Waals surface area contributed by atoms with Gasteiger partial charge in [0.1, 0.15) is 18.6 Å². The first-order valence-electron chi connectivity index (χ1n) is 4.28. The van der Waals surface area contributed by atoms with Crippen molar-refractivity contribution in [3.05, 3.63) is 0 Å². The molecule has 0 aromatic heterocycles. The molecule has 0 aromatic carbocycles. The fraction of sp³-hybridized carbons (Fsp3) is 0.750. The maximum atomic E-state index is 12.4. The Morgan fingerprint density at radius 3 is 2.31 bits per heavy atom. The number of carbonyl (C=O) groups is 2. The average molecular weight is 242 g/mol. The van der Waals surface area contributed by atoms with Crippen LogP contribution in [0.4, 0.5) is 18.0 Å². The van der Waals surface area contributed by atoms with E-state index in [1.165, 1.54) is 6.92 Å². The Hall–Kier alpha value is -1.47. The standard InChI is InChI=1S/C8H9F3O5/c1-8(2-14-7(13)15-3-8)6(12)16-5(11)4(9)10/h4-5H,2-3H2,1H3. The number of cyclic esters (lactones) is 2. The molecule has 1 atom stereocenters. The number of rotatable bonds is 3. The lowest BCUT2D eigenvalue weighted by Gasteiger charge is -2.30. The van der Waals surface area contributed by atoms with Crippen molar-refractivity contribution in [2.45, 2.75) is 19.7 Å². The second-order valence-corrected chi connectivity index (χ2v) is 3.48. The van der Waals surface area contributed by atoms with Gasteiger partial charge in [0.25, 0.3) is 0 Å². The van der Waals surface area contributed by atoms with Gasteiger partial charge in [0.05, 0.1) is 0 Å². The van der Waals surface area contributed by atoms with E-state index in [1.54, 1.807) is 0 Å². The highest BCUT2D eigenvalue weighted by Crippen LogP contribution is 2.25. The van der Waals surface area contributed by atoms with E-state index >= 15 is 0 Å². The van der Waals surface area contributed by atoms with Crippen molar-refractivity contribution >= 4 is 12.1 Å². The fourth-order valence-electron chi connectivity index (χ4n) is 0.934. The van der Waals surface area contributed by atoms with Crippen LogP contribution in [0.2, 0.25) is 0 Å². The lowest BCUT2D eigenvalue weighted by Crippen LogP contribution is -2.45. The zero-order valence-corrected chi connectivity index (χ0v) is 8.24. The Morgan fingerprint density at radius 1 is 1.38 bits per heavy atom. The minimum absolute atomic E-state index is 0.402. The van der Waals surface area contributed by atoms with Crippen molar-refractivity contribution in [2.75, 3.05) is 13.2 Å². The van der Waals surface area contributed by atoms with Gasteiger partial charge < -0.3 is 14.2 Å². The SMILES string of the molecule is CC1(C(=O)OC(F)C(F)F)COC(=O)OC1. The molecule has 0 N–H and O–H groups in total. The monoisotopic (exact) mass is 242 g/mol. The van der Waals surface area contributed by atoms with Gasteiger partial charge in [0.2, 0.25) is 0 Å². The number of hydrogen-bond acceptors (Lipinski definition) is 5. The van der Waals surface area contributed by atoms with Crippen molar-refractivity contribution in [3.8, 4) is 0 Å². The summed E-state index contributed by atoms with van der Waals surface area (Å²) < 4.78 is 48.6. The molecule has 92 valence electrons. The molecule has 0 bridgehead atoms. The second kappa shape index (κ2) is 4.58. The molecule has 0 amide bonds. The Morgan fingerprint density at radius 2 is 1.88 bits per heavy atom. The number of halogens is 3. The number of carbonyl (C=O) groups excluding carboxylic acids is 2. The summed E-state index contributed by atoms with van der Waals surface area (Å²) in [7, 11) is 0. The lowest BCUT2D eigenvalue weighted by molar-refractivity contribution is -0.193. The van der Waals surface area contributed by atoms with E-state index in [4.69, 9.17) is 0 Å². The van der Waals surface area contributed by atoms with Crippen LogP contribution in [0.25, 0.3) is 0 Å². The molecular weight excluding hydrogens is 233 g/mol. The molecule has 1 heterocycles. The van der Waals surface area contributed by atoms with Gasteiger partial charge in [-0.25, -0.2) is 13.6 Å². The van der Waals surface area contributed by atoms with Crippen LogP contribution in [-0.4, -0.2) is 38.1 Å². The van der Waals surface area contributed by atoms with Gasteiger partial charge in [-0.1, -0.05) is 0 Å². The summed E-state index contributed by atoms with van der Waals surface area (Å²) in [6.07, 6.45) is -7.39. The molecule has 0 saturated carbocycles. The average Bonchev–Trinajstić information content (AvgIpc) is 2.22. The molecule has 1 fully saturated rings. The van der Waals surface area contributed by atoms with Crippen LogP contribution in [-0.2, 0) is 19.0 Å². The topological polar surface area (TPSA) is 61.8 Å². The van der Waals surface area contributed by atoms with E-state index in [9.17, 15) is 22.8 Å². The van der Waals surface area contributed by atoms with Gasteiger partial charge in [-0.2, -0.15) is 4.39 Å². The molecule has 1 unspecified atom stereocenters. The fourth-order valence-corrected chi connectivity index (χ4v) is 0.934. The number of ether oxygens (including phenoxy) is 3. The zero-order chi connectivity index (χ0) is 12.3. The maximum absolute atomic E-state index is 12.4. The van der Waals surface area contributed by atoms with Crippen LogP contribution in [0, 0.1) is 5.41 Å². The zero-order valence-electron chi connectivity index (χ0n) is 8.24. The van der Waals surface area contributed by atoms with Gasteiger partial charge in [-0.05, 0) is 6.92 Å². The quantitative estimate of drug-likeness (QED) is 0.697. The molecule has 0 spiro atoms. The molecule has 0 radical (unpaired) electrons. The highest BCUT2D eigenvalue weighted by atomic mass is 19.3. The third kappa shape index (κ3) is 2.77. The molecule has 1 aliphatic heterocycles. The minimum Gasteiger partial charge on any atom is -0.433 e. The third-order valence-corrected chi connectivity index (χ3v) is 1.93. The molecule has 1 rings (SSSR count). The van der Waals surface area contributed by atoms with Crippen LogP contribution in [0.3, 0.4) is 0 Å². The van der Waals surface area contributed by atoms with Gasteiger partial charge >= 0.3 is 24.9 Å². The first kappa shape index (κ1) is 12.6. The molecule has 5 nitrogen and oxygen atoms in total. The van der Waals surface area contributed by atoms with Crippen molar-refractivity contribution in [2.24, 2.45) is 5.41 Å². The summed E-state index contributed by atoms with van der Waals surface area (Å²) in [5, 5.41) is 0. The number of hydrogen-bond donors (Lipinski definition) is 0. The predicted octanol–water partition coefficient (Wildman–Crippen LogP) is 1.26. The lowest BCUT2D eigenvalue weighted by atomic mass is 9.93. The Balaban J connectivity index is 2.56. The summed E-state index contributed by atoms with van der Waals surface area (Å²) in [5.74, 6) is -1.24. The van der Waals surface area contributed by atoms with Crippen LogP contribution in [0.5, 0.6) is 0 Å². The van der Waals surface area contributed by atoms with Crippen molar-refractivity contribution < 1.29 is 37.0 Å². The van der Waals surface area contributed by atoms with Crippen molar-refractivity contribution in [1.82, 2.24) is 0 Å². The Kier molecular flexibility index (Phi) is 3.61. The van der Waals surface area contributed by atoms with Crippen molar-refractivity contribution in [3.63, 3.8) is 0 Å². The molecule has 0 aromatic rings. The van der Waals surface area contributed by atoms with Crippen LogP contribution in [0.15, 0.2) is 0 Å². The highest BCUT2D eigenvalue weighted by molar-refractivity contribution is 5.78. The molecule has 1 aliphatic rings. The smallest absolute Gasteiger partial charge is 0.433 e. The van der Waals surface area contributed by atoms with Gasteiger partial charge in [0.15, 0.2) is 0 Å². The van der Waals surface area contributed by atoms with Gasteiger partial charge in [-0.3, -0.25) is 4.79 Å². The first-order chi connectivity index (χ1) is 7.35.